The smallest absolute Gasteiger partial charge is 0.0701 e. The topological polar surface area (TPSA) is 32.3 Å². The zero-order valence-electron chi connectivity index (χ0n) is 10.8. The van der Waals surface area contributed by atoms with E-state index in [4.69, 9.17) is 0 Å². The molecule has 2 nitrogen and oxygen atoms in total. The molecular weight excluding hydrogens is 210 g/mol. The molecule has 1 saturated heterocycles. The van der Waals surface area contributed by atoms with Gasteiger partial charge in [0.05, 0.1) is 6.10 Å². The SMILES string of the molecule is CC(C)(CC(O)C1CCCN1)c1ccccc1. The van der Waals surface area contributed by atoms with E-state index in [1.54, 1.807) is 0 Å². The lowest BCUT2D eigenvalue weighted by Gasteiger charge is -2.30. The fraction of sp³-hybridized carbons (Fsp3) is 0.600. The van der Waals surface area contributed by atoms with Crippen LogP contribution in [0.3, 0.4) is 0 Å². The summed E-state index contributed by atoms with van der Waals surface area (Å²) in [6, 6.07) is 10.8. The molecular formula is C15H23NO. The summed E-state index contributed by atoms with van der Waals surface area (Å²) in [7, 11) is 0. The summed E-state index contributed by atoms with van der Waals surface area (Å²) in [4.78, 5) is 0. The maximum Gasteiger partial charge on any atom is 0.0701 e. The molecule has 1 aliphatic rings. The molecule has 2 heteroatoms. The average Bonchev–Trinajstić information content (AvgIpc) is 2.83. The van der Waals surface area contributed by atoms with E-state index in [9.17, 15) is 5.11 Å². The first-order valence-electron chi connectivity index (χ1n) is 6.56. The maximum absolute atomic E-state index is 10.3. The van der Waals surface area contributed by atoms with Gasteiger partial charge in [0.2, 0.25) is 0 Å². The van der Waals surface area contributed by atoms with Crippen LogP contribution in [0.2, 0.25) is 0 Å². The van der Waals surface area contributed by atoms with Gasteiger partial charge in [-0.25, -0.2) is 0 Å². The summed E-state index contributed by atoms with van der Waals surface area (Å²) in [5.74, 6) is 0. The predicted octanol–water partition coefficient (Wildman–Crippen LogP) is 2.47. The van der Waals surface area contributed by atoms with Gasteiger partial charge in [-0.2, -0.15) is 0 Å². The van der Waals surface area contributed by atoms with Gasteiger partial charge in [-0.15, -0.1) is 0 Å². The van der Waals surface area contributed by atoms with Gasteiger partial charge >= 0.3 is 0 Å². The zero-order chi connectivity index (χ0) is 12.3. The van der Waals surface area contributed by atoms with Crippen LogP contribution in [0, 0.1) is 0 Å². The van der Waals surface area contributed by atoms with Crippen LogP contribution in [0.15, 0.2) is 30.3 Å². The van der Waals surface area contributed by atoms with Crippen LogP contribution in [0.1, 0.15) is 38.7 Å². The van der Waals surface area contributed by atoms with Crippen molar-refractivity contribution >= 4 is 0 Å². The quantitative estimate of drug-likeness (QED) is 0.837. The molecule has 2 atom stereocenters. The van der Waals surface area contributed by atoms with Gasteiger partial charge < -0.3 is 10.4 Å². The molecule has 2 unspecified atom stereocenters. The summed E-state index contributed by atoms with van der Waals surface area (Å²) in [6.07, 6.45) is 2.86. The third-order valence-corrected chi connectivity index (χ3v) is 3.84. The van der Waals surface area contributed by atoms with E-state index in [-0.39, 0.29) is 17.6 Å². The van der Waals surface area contributed by atoms with Crippen molar-refractivity contribution in [3.8, 4) is 0 Å². The highest BCUT2D eigenvalue weighted by atomic mass is 16.3. The molecule has 17 heavy (non-hydrogen) atoms. The highest BCUT2D eigenvalue weighted by molar-refractivity contribution is 5.23. The summed E-state index contributed by atoms with van der Waals surface area (Å²) < 4.78 is 0. The lowest BCUT2D eigenvalue weighted by atomic mass is 9.78. The Bertz CT molecular complexity index is 341. The minimum Gasteiger partial charge on any atom is -0.391 e. The van der Waals surface area contributed by atoms with E-state index in [1.165, 1.54) is 12.0 Å². The second-order valence-corrected chi connectivity index (χ2v) is 5.72. The molecule has 0 radical (unpaired) electrons. The van der Waals surface area contributed by atoms with Crippen molar-refractivity contribution in [3.05, 3.63) is 35.9 Å². The molecule has 1 aromatic carbocycles. The standard InChI is InChI=1S/C15H23NO/c1-15(2,12-7-4-3-5-8-12)11-14(17)13-9-6-10-16-13/h3-5,7-8,13-14,16-17H,6,9-11H2,1-2H3. The Balaban J connectivity index is 2.01. The van der Waals surface area contributed by atoms with Crippen molar-refractivity contribution in [2.75, 3.05) is 6.54 Å². The summed E-state index contributed by atoms with van der Waals surface area (Å²) >= 11 is 0. The van der Waals surface area contributed by atoms with Crippen molar-refractivity contribution in [3.63, 3.8) is 0 Å². The number of benzene rings is 1. The molecule has 0 amide bonds. The number of hydrogen-bond acceptors (Lipinski definition) is 2. The van der Waals surface area contributed by atoms with Crippen molar-refractivity contribution in [2.24, 2.45) is 0 Å². The Morgan fingerprint density at radius 1 is 1.35 bits per heavy atom. The monoisotopic (exact) mass is 233 g/mol. The molecule has 0 aromatic heterocycles. The van der Waals surface area contributed by atoms with E-state index in [0.717, 1.165) is 19.4 Å². The number of nitrogens with one attached hydrogen (secondary N) is 1. The Kier molecular flexibility index (Phi) is 3.85. The van der Waals surface area contributed by atoms with Crippen LogP contribution in [-0.2, 0) is 5.41 Å². The largest absolute Gasteiger partial charge is 0.391 e. The highest BCUT2D eigenvalue weighted by Gasteiger charge is 2.30. The van der Waals surface area contributed by atoms with Crippen LogP contribution >= 0.6 is 0 Å². The first-order valence-corrected chi connectivity index (χ1v) is 6.56. The molecule has 0 bridgehead atoms. The summed E-state index contributed by atoms with van der Waals surface area (Å²) in [5, 5.41) is 13.7. The average molecular weight is 233 g/mol. The lowest BCUT2D eigenvalue weighted by molar-refractivity contribution is 0.104. The highest BCUT2D eigenvalue weighted by Crippen LogP contribution is 2.30. The minimum atomic E-state index is -0.243. The third-order valence-electron chi connectivity index (χ3n) is 3.84. The van der Waals surface area contributed by atoms with Crippen LogP contribution in [-0.4, -0.2) is 23.8 Å². The van der Waals surface area contributed by atoms with Crippen molar-refractivity contribution in [2.45, 2.75) is 50.7 Å². The van der Waals surface area contributed by atoms with E-state index in [1.807, 2.05) is 6.07 Å². The van der Waals surface area contributed by atoms with E-state index in [0.29, 0.717) is 0 Å². The van der Waals surface area contributed by atoms with Crippen molar-refractivity contribution < 1.29 is 5.11 Å². The van der Waals surface area contributed by atoms with Gasteiger partial charge in [-0.1, -0.05) is 44.2 Å². The first kappa shape index (κ1) is 12.6. The molecule has 0 spiro atoms. The molecule has 1 heterocycles. The van der Waals surface area contributed by atoms with Crippen LogP contribution in [0.5, 0.6) is 0 Å². The van der Waals surface area contributed by atoms with Crippen LogP contribution in [0.4, 0.5) is 0 Å². The van der Waals surface area contributed by atoms with Gasteiger partial charge in [0.15, 0.2) is 0 Å². The molecule has 0 saturated carbocycles. The van der Waals surface area contributed by atoms with E-state index >= 15 is 0 Å². The molecule has 0 aliphatic carbocycles. The molecule has 1 aromatic rings. The second kappa shape index (κ2) is 5.19. The Labute approximate surface area is 104 Å². The van der Waals surface area contributed by atoms with Gasteiger partial charge in [0.25, 0.3) is 0 Å². The fourth-order valence-corrected chi connectivity index (χ4v) is 2.71. The van der Waals surface area contributed by atoms with Crippen LogP contribution in [0.25, 0.3) is 0 Å². The maximum atomic E-state index is 10.3. The van der Waals surface area contributed by atoms with Gasteiger partial charge in [-0.3, -0.25) is 0 Å². The van der Waals surface area contributed by atoms with Crippen molar-refractivity contribution in [1.29, 1.82) is 0 Å². The predicted molar refractivity (Wildman–Crippen MR) is 71.1 cm³/mol. The molecule has 1 fully saturated rings. The van der Waals surface area contributed by atoms with Gasteiger partial charge in [0.1, 0.15) is 0 Å². The van der Waals surface area contributed by atoms with Crippen molar-refractivity contribution in [1.82, 2.24) is 5.32 Å². The third kappa shape index (κ3) is 3.08. The van der Waals surface area contributed by atoms with Gasteiger partial charge in [0, 0.05) is 6.04 Å². The normalized spacial score (nSPS) is 22.6. The zero-order valence-corrected chi connectivity index (χ0v) is 10.8. The number of hydrogen-bond donors (Lipinski definition) is 2. The minimum absolute atomic E-state index is 0.0327. The summed E-state index contributed by atoms with van der Waals surface area (Å²) in [6.45, 7) is 5.47. The Morgan fingerprint density at radius 2 is 2.06 bits per heavy atom. The number of aliphatic hydroxyl groups excluding tert-OH is 1. The molecule has 94 valence electrons. The van der Waals surface area contributed by atoms with E-state index in [2.05, 4.69) is 43.4 Å². The number of aliphatic hydroxyl groups is 1. The lowest BCUT2D eigenvalue weighted by Crippen LogP contribution is -2.38. The molecule has 2 rings (SSSR count). The van der Waals surface area contributed by atoms with Crippen LogP contribution < -0.4 is 5.32 Å². The van der Waals surface area contributed by atoms with Gasteiger partial charge in [-0.05, 0) is 36.8 Å². The Hall–Kier alpha value is -0.860. The summed E-state index contributed by atoms with van der Waals surface area (Å²) in [5.41, 5.74) is 1.34. The molecule has 2 N–H and O–H groups in total. The first-order chi connectivity index (χ1) is 8.09. The second-order valence-electron chi connectivity index (χ2n) is 5.72. The molecule has 1 aliphatic heterocycles. The van der Waals surface area contributed by atoms with E-state index < -0.39 is 0 Å². The Morgan fingerprint density at radius 3 is 2.65 bits per heavy atom. The fourth-order valence-electron chi connectivity index (χ4n) is 2.71. The number of rotatable bonds is 4.